The highest BCUT2D eigenvalue weighted by molar-refractivity contribution is 6.06. The molecular formula is C25H25N3O3. The lowest BCUT2D eigenvalue weighted by Gasteiger charge is -2.17. The minimum absolute atomic E-state index is 0.321. The van der Waals surface area contributed by atoms with Crippen LogP contribution in [0.1, 0.15) is 40.9 Å². The third kappa shape index (κ3) is 3.98. The third-order valence-corrected chi connectivity index (χ3v) is 6.08. The molecule has 31 heavy (non-hydrogen) atoms. The van der Waals surface area contributed by atoms with Crippen molar-refractivity contribution < 1.29 is 14.3 Å². The molecule has 2 aliphatic rings. The lowest BCUT2D eigenvalue weighted by Crippen LogP contribution is -2.22. The summed E-state index contributed by atoms with van der Waals surface area (Å²) in [5.74, 6) is -0.812. The van der Waals surface area contributed by atoms with Crippen molar-refractivity contribution >= 4 is 34.2 Å². The topological polar surface area (TPSA) is 71.5 Å². The number of hydrogen-bond acceptors (Lipinski definition) is 5. The second-order valence-corrected chi connectivity index (χ2v) is 8.15. The number of hydrogen-bond donors (Lipinski definition) is 1. The Morgan fingerprint density at radius 2 is 1.74 bits per heavy atom. The van der Waals surface area contributed by atoms with Gasteiger partial charge in [-0.3, -0.25) is 9.78 Å². The van der Waals surface area contributed by atoms with Crippen LogP contribution in [0, 0.1) is 0 Å². The number of anilines is 2. The van der Waals surface area contributed by atoms with Gasteiger partial charge in [0, 0.05) is 35.5 Å². The van der Waals surface area contributed by atoms with E-state index in [1.54, 1.807) is 0 Å². The highest BCUT2D eigenvalue weighted by atomic mass is 16.5. The maximum absolute atomic E-state index is 12.9. The fourth-order valence-electron chi connectivity index (χ4n) is 4.58. The zero-order chi connectivity index (χ0) is 21.2. The van der Waals surface area contributed by atoms with Crippen molar-refractivity contribution in [1.29, 1.82) is 0 Å². The van der Waals surface area contributed by atoms with E-state index < -0.39 is 5.97 Å². The molecule has 1 aromatic heterocycles. The van der Waals surface area contributed by atoms with Gasteiger partial charge in [0.15, 0.2) is 6.61 Å². The van der Waals surface area contributed by atoms with E-state index in [9.17, 15) is 9.59 Å². The molecule has 1 N–H and O–H groups in total. The van der Waals surface area contributed by atoms with E-state index >= 15 is 0 Å². The predicted molar refractivity (Wildman–Crippen MR) is 121 cm³/mol. The molecule has 5 rings (SSSR count). The maximum atomic E-state index is 12.9. The van der Waals surface area contributed by atoms with Gasteiger partial charge in [-0.1, -0.05) is 18.2 Å². The quantitative estimate of drug-likeness (QED) is 0.635. The van der Waals surface area contributed by atoms with Gasteiger partial charge in [0.25, 0.3) is 5.91 Å². The minimum atomic E-state index is -0.462. The average molecular weight is 415 g/mol. The average Bonchev–Trinajstić information content (AvgIpc) is 3.48. The number of pyridine rings is 1. The number of rotatable bonds is 5. The van der Waals surface area contributed by atoms with E-state index in [0.717, 1.165) is 54.5 Å². The van der Waals surface area contributed by atoms with E-state index in [4.69, 9.17) is 9.72 Å². The number of amides is 1. The Hall–Kier alpha value is -3.41. The lowest BCUT2D eigenvalue weighted by atomic mass is 10.0. The van der Waals surface area contributed by atoms with Crippen molar-refractivity contribution in [3.05, 3.63) is 65.4 Å². The number of aryl methyl sites for hydroxylation is 1. The Bertz CT molecular complexity index is 1130. The first-order valence-electron chi connectivity index (χ1n) is 10.9. The van der Waals surface area contributed by atoms with E-state index in [1.807, 2.05) is 48.5 Å². The first-order chi connectivity index (χ1) is 15.2. The van der Waals surface area contributed by atoms with Crippen LogP contribution in [0.4, 0.5) is 11.4 Å². The maximum Gasteiger partial charge on any atom is 0.339 e. The van der Waals surface area contributed by atoms with Crippen LogP contribution in [0.25, 0.3) is 10.9 Å². The molecule has 6 heteroatoms. The molecule has 0 unspecified atom stereocenters. The van der Waals surface area contributed by atoms with Crippen LogP contribution in [0.3, 0.4) is 0 Å². The van der Waals surface area contributed by atoms with Crippen LogP contribution >= 0.6 is 0 Å². The normalized spacial score (nSPS) is 15.2. The number of benzene rings is 2. The zero-order valence-electron chi connectivity index (χ0n) is 17.4. The van der Waals surface area contributed by atoms with Crippen molar-refractivity contribution in [3.63, 3.8) is 0 Å². The Balaban J connectivity index is 1.25. The van der Waals surface area contributed by atoms with Gasteiger partial charge in [-0.2, -0.15) is 0 Å². The summed E-state index contributed by atoms with van der Waals surface area (Å²) in [6.45, 7) is 1.84. The fourth-order valence-corrected chi connectivity index (χ4v) is 4.58. The molecule has 1 saturated heterocycles. The van der Waals surface area contributed by atoms with Gasteiger partial charge < -0.3 is 15.0 Å². The van der Waals surface area contributed by atoms with Gasteiger partial charge in [0.05, 0.1) is 11.1 Å². The molecule has 2 heterocycles. The molecule has 0 spiro atoms. The molecule has 158 valence electrons. The largest absolute Gasteiger partial charge is 0.452 e. The van der Waals surface area contributed by atoms with Crippen molar-refractivity contribution in [2.24, 2.45) is 0 Å². The number of nitrogens with one attached hydrogen (secondary N) is 1. The molecular weight excluding hydrogens is 390 g/mol. The second-order valence-electron chi connectivity index (χ2n) is 8.15. The van der Waals surface area contributed by atoms with Gasteiger partial charge in [-0.05, 0) is 68.0 Å². The molecule has 1 amide bonds. The van der Waals surface area contributed by atoms with Gasteiger partial charge in [0.2, 0.25) is 0 Å². The summed E-state index contributed by atoms with van der Waals surface area (Å²) in [7, 11) is 0. The molecule has 0 radical (unpaired) electrons. The van der Waals surface area contributed by atoms with E-state index in [0.29, 0.717) is 11.3 Å². The predicted octanol–water partition coefficient (Wildman–Crippen LogP) is 4.12. The fraction of sp³-hybridized carbons (Fsp3) is 0.320. The monoisotopic (exact) mass is 415 g/mol. The Morgan fingerprint density at radius 3 is 2.55 bits per heavy atom. The third-order valence-electron chi connectivity index (χ3n) is 6.08. The molecule has 2 aromatic carbocycles. The van der Waals surface area contributed by atoms with E-state index in [-0.39, 0.29) is 12.5 Å². The number of ether oxygens (including phenoxy) is 1. The Morgan fingerprint density at radius 1 is 0.968 bits per heavy atom. The van der Waals surface area contributed by atoms with Crippen molar-refractivity contribution in [2.75, 3.05) is 29.9 Å². The number of fused-ring (bicyclic) bond motifs is 2. The molecule has 6 nitrogen and oxygen atoms in total. The molecule has 0 saturated carbocycles. The smallest absolute Gasteiger partial charge is 0.339 e. The Labute approximate surface area is 181 Å². The highest BCUT2D eigenvalue weighted by Crippen LogP contribution is 2.30. The van der Waals surface area contributed by atoms with Crippen LogP contribution in [0.5, 0.6) is 0 Å². The standard InChI is InChI=1S/C25H25N3O3/c29-23(26-17-10-12-18(13-11-17)28-14-3-4-15-28)16-31-25(30)24-19-6-1-2-8-21(19)27-22-9-5-7-20(22)24/h1-2,6,8,10-13H,3-5,7,9,14-16H2,(H,26,29). The van der Waals surface area contributed by atoms with Gasteiger partial charge in [0.1, 0.15) is 0 Å². The van der Waals surface area contributed by atoms with Gasteiger partial charge in [-0.25, -0.2) is 4.79 Å². The molecule has 0 bridgehead atoms. The minimum Gasteiger partial charge on any atom is -0.452 e. The van der Waals surface area contributed by atoms with Crippen LogP contribution < -0.4 is 10.2 Å². The number of nitrogens with zero attached hydrogens (tertiary/aromatic N) is 2. The number of carbonyl (C=O) groups excluding carboxylic acids is 2. The molecule has 0 atom stereocenters. The summed E-state index contributed by atoms with van der Waals surface area (Å²) in [4.78, 5) is 32.3. The van der Waals surface area contributed by atoms with Gasteiger partial charge >= 0.3 is 5.97 Å². The lowest BCUT2D eigenvalue weighted by molar-refractivity contribution is -0.119. The van der Waals surface area contributed by atoms with Crippen molar-refractivity contribution in [2.45, 2.75) is 32.1 Å². The Kier molecular flexibility index (Phi) is 5.28. The van der Waals surface area contributed by atoms with E-state index in [1.165, 1.54) is 18.5 Å². The van der Waals surface area contributed by atoms with Crippen LogP contribution in [-0.4, -0.2) is 36.6 Å². The first-order valence-corrected chi connectivity index (χ1v) is 10.9. The summed E-state index contributed by atoms with van der Waals surface area (Å²) in [6.07, 6.45) is 5.11. The molecule has 1 aliphatic heterocycles. The number of esters is 1. The first kappa shape index (κ1) is 19.5. The summed E-state index contributed by atoms with van der Waals surface area (Å²) in [6, 6.07) is 15.4. The summed E-state index contributed by atoms with van der Waals surface area (Å²) in [5, 5.41) is 3.59. The zero-order valence-corrected chi connectivity index (χ0v) is 17.4. The second kappa shape index (κ2) is 8.38. The van der Waals surface area contributed by atoms with Gasteiger partial charge in [-0.15, -0.1) is 0 Å². The SMILES string of the molecule is O=C(COC(=O)c1c2c(nc3ccccc13)CCC2)Nc1ccc(N2CCCC2)cc1. The molecule has 1 fully saturated rings. The number of aromatic nitrogens is 1. The van der Waals surface area contributed by atoms with E-state index in [2.05, 4.69) is 10.2 Å². The number of carbonyl (C=O) groups is 2. The van der Waals surface area contributed by atoms with Crippen LogP contribution in [0.2, 0.25) is 0 Å². The van der Waals surface area contributed by atoms with Crippen molar-refractivity contribution in [3.8, 4) is 0 Å². The summed E-state index contributed by atoms with van der Waals surface area (Å²) < 4.78 is 5.41. The highest BCUT2D eigenvalue weighted by Gasteiger charge is 2.25. The number of para-hydroxylation sites is 1. The van der Waals surface area contributed by atoms with Crippen LogP contribution in [-0.2, 0) is 22.4 Å². The van der Waals surface area contributed by atoms with Crippen LogP contribution in [0.15, 0.2) is 48.5 Å². The summed E-state index contributed by atoms with van der Waals surface area (Å²) in [5.41, 5.74) is 5.13. The summed E-state index contributed by atoms with van der Waals surface area (Å²) >= 11 is 0. The molecule has 3 aromatic rings. The molecule has 1 aliphatic carbocycles. The van der Waals surface area contributed by atoms with Crippen molar-refractivity contribution in [1.82, 2.24) is 4.98 Å².